The third kappa shape index (κ3) is 9.36. The molecule has 5 aromatic rings. The summed E-state index contributed by atoms with van der Waals surface area (Å²) in [6, 6.07) is 35.8. The van der Waals surface area contributed by atoms with E-state index in [9.17, 15) is 9.59 Å². The van der Waals surface area contributed by atoms with Gasteiger partial charge in [-0.2, -0.15) is 0 Å². The van der Waals surface area contributed by atoms with Crippen LogP contribution in [0.3, 0.4) is 0 Å². The van der Waals surface area contributed by atoms with E-state index < -0.39 is 0 Å². The minimum atomic E-state index is 0.198. The van der Waals surface area contributed by atoms with Gasteiger partial charge in [-0.1, -0.05) is 68.4 Å². The van der Waals surface area contributed by atoms with Gasteiger partial charge < -0.3 is 24.6 Å². The number of fused-ring (bicyclic) bond motifs is 2. The predicted octanol–water partition coefficient (Wildman–Crippen LogP) is 8.60. The lowest BCUT2D eigenvalue weighted by Gasteiger charge is -2.38. The molecule has 2 amide bonds. The van der Waals surface area contributed by atoms with Crippen molar-refractivity contribution in [1.82, 2.24) is 10.2 Å². The second-order valence-corrected chi connectivity index (χ2v) is 14.0. The Labute approximate surface area is 314 Å². The molecular weight excluding hydrogens is 661 g/mol. The number of nitrogens with zero attached hydrogens (tertiary/aromatic N) is 3. The van der Waals surface area contributed by atoms with E-state index in [1.54, 1.807) is 14.2 Å². The van der Waals surface area contributed by atoms with Crippen molar-refractivity contribution in [3.63, 3.8) is 0 Å². The fourth-order valence-corrected chi connectivity index (χ4v) is 7.68. The number of anilines is 2. The van der Waals surface area contributed by atoms with Crippen LogP contribution in [-0.2, 0) is 16.1 Å². The summed E-state index contributed by atoms with van der Waals surface area (Å²) in [5.74, 6) is 2.10. The van der Waals surface area contributed by atoms with E-state index in [0.717, 1.165) is 103 Å². The SMILES string of the molecule is CCC(=O)N(c1ccc2cc(OC)ccc2c1)C1CCN(Cc2ccccc2)CC1.CCC(=O)N(c1ccc2cc(OC)ccc2c1)C1CCNCC1. The van der Waals surface area contributed by atoms with E-state index in [0.29, 0.717) is 18.9 Å². The number of methoxy groups -OCH3 is 2. The summed E-state index contributed by atoms with van der Waals surface area (Å²) in [6.07, 6.45) is 5.06. The van der Waals surface area contributed by atoms with Gasteiger partial charge in [0.05, 0.1) is 14.2 Å². The molecule has 8 heteroatoms. The van der Waals surface area contributed by atoms with E-state index in [-0.39, 0.29) is 17.9 Å². The maximum absolute atomic E-state index is 12.9. The van der Waals surface area contributed by atoms with Crippen molar-refractivity contribution < 1.29 is 19.1 Å². The minimum absolute atomic E-state index is 0.198. The Hall–Kier alpha value is -4.92. The molecule has 5 aromatic carbocycles. The van der Waals surface area contributed by atoms with Crippen molar-refractivity contribution in [3.05, 3.63) is 109 Å². The van der Waals surface area contributed by atoms with Crippen molar-refractivity contribution in [2.75, 3.05) is 50.2 Å². The molecule has 2 aliphatic rings. The molecule has 7 rings (SSSR count). The van der Waals surface area contributed by atoms with Crippen LogP contribution >= 0.6 is 0 Å². The highest BCUT2D eigenvalue weighted by atomic mass is 16.5. The summed E-state index contributed by atoms with van der Waals surface area (Å²) in [4.78, 5) is 32.0. The average Bonchev–Trinajstić information content (AvgIpc) is 3.22. The van der Waals surface area contributed by atoms with Gasteiger partial charge in [-0.05, 0) is 114 Å². The summed E-state index contributed by atoms with van der Waals surface area (Å²) in [6.45, 7) is 8.84. The number of benzene rings is 5. The van der Waals surface area contributed by atoms with Crippen LogP contribution in [0, 0.1) is 0 Å². The fraction of sp³-hybridized carbons (Fsp3) is 0.378. The number of rotatable bonds is 10. The Morgan fingerprint density at radius 2 is 1.08 bits per heavy atom. The molecule has 0 spiro atoms. The Bertz CT molecular complexity index is 1970. The smallest absolute Gasteiger partial charge is 0.226 e. The topological polar surface area (TPSA) is 74.4 Å². The van der Waals surface area contributed by atoms with Gasteiger partial charge in [0, 0.05) is 55.9 Å². The van der Waals surface area contributed by atoms with Crippen molar-refractivity contribution in [2.24, 2.45) is 0 Å². The minimum Gasteiger partial charge on any atom is -0.497 e. The van der Waals surface area contributed by atoms with Gasteiger partial charge in [-0.25, -0.2) is 0 Å². The number of hydrogen-bond donors (Lipinski definition) is 1. The zero-order chi connectivity index (χ0) is 37.2. The normalized spacial score (nSPS) is 15.4. The van der Waals surface area contributed by atoms with Gasteiger partial charge in [-0.3, -0.25) is 14.5 Å². The molecule has 0 bridgehead atoms. The molecular formula is C45H54N4O4. The van der Waals surface area contributed by atoms with Gasteiger partial charge in [0.25, 0.3) is 0 Å². The molecule has 8 nitrogen and oxygen atoms in total. The predicted molar refractivity (Wildman–Crippen MR) is 217 cm³/mol. The summed E-state index contributed by atoms with van der Waals surface area (Å²) in [5.41, 5.74) is 3.35. The molecule has 0 atom stereocenters. The molecule has 2 heterocycles. The van der Waals surface area contributed by atoms with Gasteiger partial charge in [-0.15, -0.1) is 0 Å². The third-order valence-electron chi connectivity index (χ3n) is 10.6. The molecule has 0 aliphatic carbocycles. The molecule has 2 fully saturated rings. The van der Waals surface area contributed by atoms with E-state index in [1.807, 2.05) is 47.9 Å². The fourth-order valence-electron chi connectivity index (χ4n) is 7.68. The standard InChI is InChI=1S/C26H30N2O2.C19H24N2O2/c1-3-26(29)28(24-11-9-22-18-25(30-2)12-10-21(22)17-24)23-13-15-27(16-14-23)19-20-7-5-4-6-8-20;1-3-19(22)21(16-8-10-20-11-9-16)17-6-4-15-13-18(23-2)7-5-14(15)12-17/h4-12,17-18,23H,3,13-16,19H2,1-2H3;4-7,12-13,16,20H,3,8-11H2,1-2H3. The second-order valence-electron chi connectivity index (χ2n) is 14.0. The quantitative estimate of drug-likeness (QED) is 0.156. The van der Waals surface area contributed by atoms with E-state index >= 15 is 0 Å². The molecule has 2 aliphatic heterocycles. The average molecular weight is 715 g/mol. The molecule has 0 unspecified atom stereocenters. The van der Waals surface area contributed by atoms with E-state index in [4.69, 9.17) is 9.47 Å². The van der Waals surface area contributed by atoms with Crippen LogP contribution in [0.1, 0.15) is 57.9 Å². The zero-order valence-electron chi connectivity index (χ0n) is 31.7. The van der Waals surface area contributed by atoms with Crippen molar-refractivity contribution in [2.45, 2.75) is 71.0 Å². The summed E-state index contributed by atoms with van der Waals surface area (Å²) < 4.78 is 10.6. The number of nitrogens with one attached hydrogen (secondary N) is 1. The number of piperidine rings is 2. The van der Waals surface area contributed by atoms with Crippen molar-refractivity contribution in [1.29, 1.82) is 0 Å². The molecule has 2 saturated heterocycles. The van der Waals surface area contributed by atoms with Crippen LogP contribution in [0.4, 0.5) is 11.4 Å². The monoisotopic (exact) mass is 714 g/mol. The van der Waals surface area contributed by atoms with Gasteiger partial charge >= 0.3 is 0 Å². The lowest BCUT2D eigenvalue weighted by atomic mass is 10.00. The third-order valence-corrected chi connectivity index (χ3v) is 10.6. The first-order valence-electron chi connectivity index (χ1n) is 19.2. The van der Waals surface area contributed by atoms with Crippen LogP contribution in [0.2, 0.25) is 0 Å². The van der Waals surface area contributed by atoms with E-state index in [1.165, 1.54) is 5.56 Å². The first kappa shape index (κ1) is 37.8. The van der Waals surface area contributed by atoms with Crippen LogP contribution in [0.15, 0.2) is 103 Å². The highest BCUT2D eigenvalue weighted by Crippen LogP contribution is 2.31. The number of carbonyl (C=O) groups is 2. The maximum atomic E-state index is 12.9. The van der Waals surface area contributed by atoms with Gasteiger partial charge in [0.1, 0.15) is 11.5 Å². The van der Waals surface area contributed by atoms with Crippen molar-refractivity contribution in [3.8, 4) is 11.5 Å². The van der Waals surface area contributed by atoms with Gasteiger partial charge in [0.15, 0.2) is 0 Å². The molecule has 0 saturated carbocycles. The molecule has 0 aromatic heterocycles. The van der Waals surface area contributed by atoms with Crippen LogP contribution in [0.5, 0.6) is 11.5 Å². The first-order valence-corrected chi connectivity index (χ1v) is 19.2. The summed E-state index contributed by atoms with van der Waals surface area (Å²) >= 11 is 0. The highest BCUT2D eigenvalue weighted by Gasteiger charge is 2.29. The first-order chi connectivity index (χ1) is 25.9. The summed E-state index contributed by atoms with van der Waals surface area (Å²) in [5, 5.41) is 7.88. The molecule has 278 valence electrons. The Morgan fingerprint density at radius 3 is 1.55 bits per heavy atom. The Balaban J connectivity index is 0.000000188. The highest BCUT2D eigenvalue weighted by molar-refractivity contribution is 5.98. The molecule has 0 radical (unpaired) electrons. The maximum Gasteiger partial charge on any atom is 0.226 e. The summed E-state index contributed by atoms with van der Waals surface area (Å²) in [7, 11) is 3.36. The number of hydrogen-bond acceptors (Lipinski definition) is 6. The second kappa shape index (κ2) is 18.2. The van der Waals surface area contributed by atoms with Gasteiger partial charge in [0.2, 0.25) is 11.8 Å². The lowest BCUT2D eigenvalue weighted by molar-refractivity contribution is -0.119. The zero-order valence-corrected chi connectivity index (χ0v) is 31.7. The number of ether oxygens (including phenoxy) is 2. The molecule has 1 N–H and O–H groups in total. The number of carbonyl (C=O) groups excluding carboxylic acids is 2. The largest absolute Gasteiger partial charge is 0.497 e. The number of likely N-dealkylation sites (tertiary alicyclic amines) is 1. The van der Waals surface area contributed by atoms with Crippen LogP contribution in [-0.4, -0.2) is 69.2 Å². The van der Waals surface area contributed by atoms with Crippen LogP contribution in [0.25, 0.3) is 21.5 Å². The van der Waals surface area contributed by atoms with E-state index in [2.05, 4.69) is 89.1 Å². The Morgan fingerprint density at radius 1 is 0.623 bits per heavy atom. The lowest BCUT2D eigenvalue weighted by Crippen LogP contribution is -2.47. The number of amides is 2. The molecule has 53 heavy (non-hydrogen) atoms. The van der Waals surface area contributed by atoms with Crippen molar-refractivity contribution >= 4 is 44.7 Å². The van der Waals surface area contributed by atoms with Crippen LogP contribution < -0.4 is 24.6 Å². The Kier molecular flexibility index (Phi) is 13.0.